The van der Waals surface area contributed by atoms with Gasteiger partial charge in [-0.1, -0.05) is 5.10 Å². The molecule has 1 N–H and O–H groups in total. The highest BCUT2D eigenvalue weighted by atomic mass is 32.2. The van der Waals surface area contributed by atoms with Gasteiger partial charge in [0.05, 0.1) is 17.9 Å². The van der Waals surface area contributed by atoms with E-state index >= 15 is 0 Å². The van der Waals surface area contributed by atoms with Crippen LogP contribution in [0.15, 0.2) is 45.8 Å². The number of nitrogens with one attached hydrogen (secondary N) is 1. The van der Waals surface area contributed by atoms with Gasteiger partial charge in [0.25, 0.3) is 5.89 Å². The summed E-state index contributed by atoms with van der Waals surface area (Å²) in [6.07, 6.45) is 2.86. The van der Waals surface area contributed by atoms with Crippen molar-refractivity contribution >= 4 is 21.9 Å². The molecule has 1 aliphatic rings. The van der Waals surface area contributed by atoms with E-state index in [9.17, 15) is 13.2 Å². The molecule has 1 amide bonds. The van der Waals surface area contributed by atoms with Crippen LogP contribution < -0.4 is 10.1 Å². The van der Waals surface area contributed by atoms with E-state index in [-0.39, 0.29) is 29.3 Å². The smallest absolute Gasteiger partial charge is 0.322 e. The van der Waals surface area contributed by atoms with Gasteiger partial charge in [-0.3, -0.25) is 14.8 Å². The molecule has 164 valence electrons. The average Bonchev–Trinajstić information content (AvgIpc) is 3.42. The number of methoxy groups -OCH3 is 1. The van der Waals surface area contributed by atoms with Crippen molar-refractivity contribution in [3.63, 3.8) is 0 Å². The molecule has 1 unspecified atom stereocenters. The van der Waals surface area contributed by atoms with E-state index in [1.165, 1.54) is 23.5 Å². The van der Waals surface area contributed by atoms with Crippen molar-refractivity contribution in [2.24, 2.45) is 13.0 Å². The second-order valence-electron chi connectivity index (χ2n) is 7.15. The van der Waals surface area contributed by atoms with Crippen molar-refractivity contribution in [3.05, 3.63) is 36.5 Å². The highest BCUT2D eigenvalue weighted by molar-refractivity contribution is 7.89. The number of hydrogen-bond acceptors (Lipinski definition) is 8. The van der Waals surface area contributed by atoms with E-state index in [0.29, 0.717) is 30.8 Å². The van der Waals surface area contributed by atoms with E-state index in [0.717, 1.165) is 0 Å². The minimum absolute atomic E-state index is 0.0548. The Bertz CT molecular complexity index is 1170. The van der Waals surface area contributed by atoms with Crippen LogP contribution in [0.2, 0.25) is 0 Å². The molecule has 4 rings (SSSR count). The molecule has 3 aromatic rings. The number of piperidine rings is 1. The predicted molar refractivity (Wildman–Crippen MR) is 110 cm³/mol. The number of rotatable bonds is 6. The normalized spacial score (nSPS) is 17.4. The van der Waals surface area contributed by atoms with Crippen molar-refractivity contribution in [2.45, 2.75) is 17.7 Å². The van der Waals surface area contributed by atoms with E-state index in [2.05, 4.69) is 20.6 Å². The Kier molecular flexibility index (Phi) is 5.74. The second kappa shape index (κ2) is 8.47. The van der Waals surface area contributed by atoms with Crippen LogP contribution in [0.1, 0.15) is 12.8 Å². The maximum absolute atomic E-state index is 13.0. The zero-order chi connectivity index (χ0) is 22.0. The molecule has 1 aromatic carbocycles. The molecule has 31 heavy (non-hydrogen) atoms. The van der Waals surface area contributed by atoms with Crippen molar-refractivity contribution in [2.75, 3.05) is 25.5 Å². The van der Waals surface area contributed by atoms with Gasteiger partial charge < -0.3 is 9.15 Å². The molecule has 0 radical (unpaired) electrons. The molecule has 0 aliphatic carbocycles. The molecule has 3 heterocycles. The topological polar surface area (TPSA) is 132 Å². The molecule has 1 fully saturated rings. The number of ether oxygens (including phenoxy) is 1. The summed E-state index contributed by atoms with van der Waals surface area (Å²) < 4.78 is 39.4. The van der Waals surface area contributed by atoms with E-state index in [4.69, 9.17) is 9.15 Å². The first-order valence-corrected chi connectivity index (χ1v) is 11.1. The van der Waals surface area contributed by atoms with Gasteiger partial charge in [-0.05, 0) is 43.2 Å². The minimum atomic E-state index is -3.72. The monoisotopic (exact) mass is 446 g/mol. The number of hydrogen-bond donors (Lipinski definition) is 1. The summed E-state index contributed by atoms with van der Waals surface area (Å²) in [5.41, 5.74) is 0.491. The van der Waals surface area contributed by atoms with Crippen LogP contribution in [0.3, 0.4) is 0 Å². The third-order valence-electron chi connectivity index (χ3n) is 5.04. The summed E-state index contributed by atoms with van der Waals surface area (Å²) >= 11 is 0. The molecular weight excluding hydrogens is 424 g/mol. The summed E-state index contributed by atoms with van der Waals surface area (Å²) in [5.74, 6) is -0.152. The van der Waals surface area contributed by atoms with Crippen molar-refractivity contribution < 1.29 is 22.4 Å². The van der Waals surface area contributed by atoms with Gasteiger partial charge in [-0.2, -0.15) is 9.40 Å². The molecule has 0 spiro atoms. The Balaban J connectivity index is 1.43. The zero-order valence-electron chi connectivity index (χ0n) is 17.1. The van der Waals surface area contributed by atoms with Gasteiger partial charge in [0.1, 0.15) is 11.4 Å². The van der Waals surface area contributed by atoms with Crippen LogP contribution >= 0.6 is 0 Å². The summed E-state index contributed by atoms with van der Waals surface area (Å²) in [6, 6.07) is 7.83. The third-order valence-corrected chi connectivity index (χ3v) is 6.92. The number of amides is 1. The fraction of sp³-hybridized carbons (Fsp3) is 0.368. The first-order valence-electron chi connectivity index (χ1n) is 9.65. The number of anilines is 1. The molecule has 12 heteroatoms. The Morgan fingerprint density at radius 3 is 2.68 bits per heavy atom. The highest BCUT2D eigenvalue weighted by Gasteiger charge is 2.34. The molecule has 0 saturated carbocycles. The summed E-state index contributed by atoms with van der Waals surface area (Å²) in [5, 5.41) is 14.5. The zero-order valence-corrected chi connectivity index (χ0v) is 17.9. The molecule has 1 saturated heterocycles. The lowest BCUT2D eigenvalue weighted by Crippen LogP contribution is -2.43. The summed E-state index contributed by atoms with van der Waals surface area (Å²) in [7, 11) is -0.445. The molecular formula is C19H22N6O5S. The average molecular weight is 446 g/mol. The summed E-state index contributed by atoms with van der Waals surface area (Å²) in [4.78, 5) is 12.9. The maximum atomic E-state index is 13.0. The van der Waals surface area contributed by atoms with Crippen molar-refractivity contribution in [3.8, 4) is 17.3 Å². The number of carbonyl (C=O) groups excluding carboxylic acids is 1. The van der Waals surface area contributed by atoms with Crippen LogP contribution in [0, 0.1) is 5.92 Å². The van der Waals surface area contributed by atoms with Gasteiger partial charge >= 0.3 is 6.01 Å². The first kappa shape index (κ1) is 21.0. The lowest BCUT2D eigenvalue weighted by atomic mass is 9.99. The van der Waals surface area contributed by atoms with E-state index in [1.54, 1.807) is 36.1 Å². The van der Waals surface area contributed by atoms with Crippen molar-refractivity contribution in [1.29, 1.82) is 0 Å². The number of nitrogens with zero attached hydrogens (tertiary/aromatic N) is 5. The second-order valence-corrected chi connectivity index (χ2v) is 9.09. The van der Waals surface area contributed by atoms with Crippen LogP contribution in [0.5, 0.6) is 5.75 Å². The Labute approximate surface area is 179 Å². The standard InChI is InChI=1S/C19H22N6O5S/c1-24-11-9-16(23-24)18-21-22-19(30-18)20-17(26)13-4-3-10-25(12-13)31(27,28)15-7-5-14(29-2)6-8-15/h5-9,11,13H,3-4,10,12H2,1-2H3,(H,20,22,26). The van der Waals surface area contributed by atoms with E-state index in [1.807, 2.05) is 0 Å². The van der Waals surface area contributed by atoms with Crippen molar-refractivity contribution in [1.82, 2.24) is 24.3 Å². The predicted octanol–water partition coefficient (Wildman–Crippen LogP) is 1.52. The lowest BCUT2D eigenvalue weighted by molar-refractivity contribution is -0.121. The van der Waals surface area contributed by atoms with Gasteiger partial charge in [0, 0.05) is 26.3 Å². The van der Waals surface area contributed by atoms with Crippen LogP contribution in [-0.4, -0.2) is 58.8 Å². The fourth-order valence-electron chi connectivity index (χ4n) is 3.39. The molecule has 2 aromatic heterocycles. The molecule has 1 aliphatic heterocycles. The van der Waals surface area contributed by atoms with Gasteiger partial charge in [-0.25, -0.2) is 8.42 Å². The molecule has 11 nitrogen and oxygen atoms in total. The summed E-state index contributed by atoms with van der Waals surface area (Å²) in [6.45, 7) is 0.421. The van der Waals surface area contributed by atoms with Gasteiger partial charge in [0.15, 0.2) is 0 Å². The lowest BCUT2D eigenvalue weighted by Gasteiger charge is -2.30. The molecule has 0 bridgehead atoms. The fourth-order valence-corrected chi connectivity index (χ4v) is 4.91. The SMILES string of the molecule is COc1ccc(S(=O)(=O)N2CCCC(C(=O)Nc3nnc(-c4ccn(C)n4)o3)C2)cc1. The largest absolute Gasteiger partial charge is 0.497 e. The highest BCUT2D eigenvalue weighted by Crippen LogP contribution is 2.26. The number of benzene rings is 1. The number of aryl methyl sites for hydroxylation is 1. The quantitative estimate of drug-likeness (QED) is 0.603. The van der Waals surface area contributed by atoms with Crippen LogP contribution in [-0.2, 0) is 21.9 Å². The van der Waals surface area contributed by atoms with Gasteiger partial charge in [0.2, 0.25) is 15.9 Å². The number of sulfonamides is 1. The molecule has 1 atom stereocenters. The third kappa shape index (κ3) is 4.44. The Morgan fingerprint density at radius 1 is 1.23 bits per heavy atom. The van der Waals surface area contributed by atoms with Crippen LogP contribution in [0.25, 0.3) is 11.6 Å². The van der Waals surface area contributed by atoms with E-state index < -0.39 is 15.9 Å². The van der Waals surface area contributed by atoms with Gasteiger partial charge in [-0.15, -0.1) is 5.10 Å². The number of carbonyl (C=O) groups is 1. The number of aromatic nitrogens is 4. The Hall–Kier alpha value is -3.25. The maximum Gasteiger partial charge on any atom is 0.322 e. The Morgan fingerprint density at radius 2 is 2.00 bits per heavy atom. The minimum Gasteiger partial charge on any atom is -0.497 e. The van der Waals surface area contributed by atoms with Crippen LogP contribution in [0.4, 0.5) is 6.01 Å². The first-order chi connectivity index (χ1) is 14.9.